The van der Waals surface area contributed by atoms with Gasteiger partial charge in [0.15, 0.2) is 0 Å². The number of carbonyl (C=O) groups excluding carboxylic acids is 1. The average Bonchev–Trinajstić information content (AvgIpc) is 2.38. The van der Waals surface area contributed by atoms with Gasteiger partial charge in [0.05, 0.1) is 13.0 Å². The summed E-state index contributed by atoms with van der Waals surface area (Å²) in [5.74, 6) is 0.885. The van der Waals surface area contributed by atoms with Crippen LogP contribution in [-0.2, 0) is 4.79 Å². The molecule has 0 saturated carbocycles. The van der Waals surface area contributed by atoms with Crippen LogP contribution in [0.15, 0.2) is 24.3 Å². The first-order chi connectivity index (χ1) is 9.52. The van der Waals surface area contributed by atoms with E-state index in [-0.39, 0.29) is 25.0 Å². The van der Waals surface area contributed by atoms with Crippen molar-refractivity contribution in [2.75, 3.05) is 18.9 Å². The Bertz CT molecular complexity index is 421. The first kappa shape index (κ1) is 16.3. The minimum absolute atomic E-state index is 0.000121. The molecule has 1 aromatic rings. The van der Waals surface area contributed by atoms with E-state index in [0.29, 0.717) is 30.4 Å². The minimum atomic E-state index is -0.0685. The molecule has 5 heteroatoms. The lowest BCUT2D eigenvalue weighted by Crippen LogP contribution is -2.39. The van der Waals surface area contributed by atoms with Crippen LogP contribution in [0.2, 0.25) is 0 Å². The van der Waals surface area contributed by atoms with Crippen molar-refractivity contribution in [3.05, 3.63) is 24.3 Å². The normalized spacial score (nSPS) is 12.2. The van der Waals surface area contributed by atoms with Gasteiger partial charge in [-0.05, 0) is 24.5 Å². The number of hydrogen-bond donors (Lipinski definition) is 3. The maximum Gasteiger partial charge on any atom is 0.223 e. The van der Waals surface area contributed by atoms with E-state index in [1.807, 2.05) is 13.8 Å². The molecule has 1 unspecified atom stereocenters. The van der Waals surface area contributed by atoms with Crippen molar-refractivity contribution in [2.24, 2.45) is 5.92 Å². The van der Waals surface area contributed by atoms with Crippen molar-refractivity contribution in [1.82, 2.24) is 5.32 Å². The summed E-state index contributed by atoms with van der Waals surface area (Å²) in [4.78, 5) is 11.8. The molecule has 0 aliphatic rings. The zero-order chi connectivity index (χ0) is 15.0. The van der Waals surface area contributed by atoms with Crippen molar-refractivity contribution in [1.29, 1.82) is 0 Å². The molecule has 0 spiro atoms. The van der Waals surface area contributed by atoms with Gasteiger partial charge in [-0.3, -0.25) is 4.79 Å². The molecule has 0 aromatic heterocycles. The second-order valence-corrected chi connectivity index (χ2v) is 5.10. The Morgan fingerprint density at radius 3 is 2.80 bits per heavy atom. The molecule has 4 N–H and O–H groups in total. The van der Waals surface area contributed by atoms with Crippen molar-refractivity contribution in [2.45, 2.75) is 32.7 Å². The van der Waals surface area contributed by atoms with Gasteiger partial charge in [0.1, 0.15) is 5.75 Å². The zero-order valence-electron chi connectivity index (χ0n) is 12.1. The van der Waals surface area contributed by atoms with E-state index in [4.69, 9.17) is 15.6 Å². The first-order valence-corrected chi connectivity index (χ1v) is 6.91. The molecular formula is C15H24N2O3. The largest absolute Gasteiger partial charge is 0.493 e. The van der Waals surface area contributed by atoms with E-state index >= 15 is 0 Å². The summed E-state index contributed by atoms with van der Waals surface area (Å²) in [5, 5.41) is 11.9. The topological polar surface area (TPSA) is 84.6 Å². The van der Waals surface area contributed by atoms with Gasteiger partial charge in [0.25, 0.3) is 0 Å². The van der Waals surface area contributed by atoms with Crippen LogP contribution in [-0.4, -0.2) is 30.3 Å². The maximum atomic E-state index is 11.8. The van der Waals surface area contributed by atoms with Gasteiger partial charge in [0, 0.05) is 24.4 Å². The van der Waals surface area contributed by atoms with Gasteiger partial charge in [-0.25, -0.2) is 0 Å². The summed E-state index contributed by atoms with van der Waals surface area (Å²) in [5.41, 5.74) is 6.27. The SMILES string of the molecule is CC(C)C(CCO)NC(=O)CCOc1cccc(N)c1. The van der Waals surface area contributed by atoms with Crippen LogP contribution in [0.4, 0.5) is 5.69 Å². The molecule has 20 heavy (non-hydrogen) atoms. The highest BCUT2D eigenvalue weighted by Gasteiger charge is 2.15. The highest BCUT2D eigenvalue weighted by molar-refractivity contribution is 5.76. The number of amides is 1. The van der Waals surface area contributed by atoms with E-state index < -0.39 is 0 Å². The number of aliphatic hydroxyl groups excluding tert-OH is 1. The lowest BCUT2D eigenvalue weighted by Gasteiger charge is -2.21. The molecule has 0 aliphatic heterocycles. The van der Waals surface area contributed by atoms with Crippen LogP contribution in [0, 0.1) is 5.92 Å². The highest BCUT2D eigenvalue weighted by atomic mass is 16.5. The third-order valence-electron chi connectivity index (χ3n) is 3.05. The number of nitrogen functional groups attached to an aromatic ring is 1. The van der Waals surface area contributed by atoms with Gasteiger partial charge in [-0.2, -0.15) is 0 Å². The number of ether oxygens (including phenoxy) is 1. The molecule has 1 atom stereocenters. The summed E-state index contributed by atoms with van der Waals surface area (Å²) in [7, 11) is 0. The number of anilines is 1. The van der Waals surface area contributed by atoms with Crippen molar-refractivity contribution in [3.63, 3.8) is 0 Å². The van der Waals surface area contributed by atoms with Crippen LogP contribution in [0.3, 0.4) is 0 Å². The maximum absolute atomic E-state index is 11.8. The molecule has 1 rings (SSSR count). The molecule has 5 nitrogen and oxygen atoms in total. The predicted octanol–water partition coefficient (Wildman–Crippen LogP) is 1.56. The van der Waals surface area contributed by atoms with Gasteiger partial charge < -0.3 is 20.9 Å². The lowest BCUT2D eigenvalue weighted by molar-refractivity contribution is -0.122. The number of rotatable bonds is 8. The van der Waals surface area contributed by atoms with Crippen LogP contribution in [0.25, 0.3) is 0 Å². The molecule has 0 saturated heterocycles. The fourth-order valence-corrected chi connectivity index (χ4v) is 1.86. The van der Waals surface area contributed by atoms with E-state index in [2.05, 4.69) is 5.32 Å². The summed E-state index contributed by atoms with van der Waals surface area (Å²) in [6.45, 7) is 4.41. The minimum Gasteiger partial charge on any atom is -0.493 e. The summed E-state index contributed by atoms with van der Waals surface area (Å²) < 4.78 is 5.47. The van der Waals surface area contributed by atoms with Crippen molar-refractivity contribution >= 4 is 11.6 Å². The molecular weight excluding hydrogens is 256 g/mol. The van der Waals surface area contributed by atoms with E-state index in [1.165, 1.54) is 0 Å². The third-order valence-corrected chi connectivity index (χ3v) is 3.05. The molecule has 0 heterocycles. The second-order valence-electron chi connectivity index (χ2n) is 5.10. The van der Waals surface area contributed by atoms with E-state index in [0.717, 1.165) is 0 Å². The lowest BCUT2D eigenvalue weighted by atomic mass is 10.0. The smallest absolute Gasteiger partial charge is 0.223 e. The van der Waals surface area contributed by atoms with E-state index in [1.54, 1.807) is 24.3 Å². The van der Waals surface area contributed by atoms with Crippen molar-refractivity contribution in [3.8, 4) is 5.75 Å². The first-order valence-electron chi connectivity index (χ1n) is 6.91. The number of nitrogens with one attached hydrogen (secondary N) is 1. The fraction of sp³-hybridized carbons (Fsp3) is 0.533. The molecule has 0 bridgehead atoms. The Labute approximate surface area is 120 Å². The zero-order valence-corrected chi connectivity index (χ0v) is 12.1. The monoisotopic (exact) mass is 280 g/mol. The third kappa shape index (κ3) is 5.93. The van der Waals surface area contributed by atoms with Crippen molar-refractivity contribution < 1.29 is 14.6 Å². The molecule has 1 amide bonds. The molecule has 0 fully saturated rings. The quantitative estimate of drug-likeness (QED) is 0.631. The highest BCUT2D eigenvalue weighted by Crippen LogP contribution is 2.14. The standard InChI is InChI=1S/C15H24N2O3/c1-11(2)14(6-8-18)17-15(19)7-9-20-13-5-3-4-12(16)10-13/h3-5,10-11,14,18H,6-9,16H2,1-2H3,(H,17,19). The van der Waals surface area contributed by atoms with Crippen LogP contribution in [0.1, 0.15) is 26.7 Å². The Hall–Kier alpha value is -1.75. The summed E-state index contributed by atoms with van der Waals surface area (Å²) >= 11 is 0. The number of carbonyl (C=O) groups is 1. The van der Waals surface area contributed by atoms with Gasteiger partial charge >= 0.3 is 0 Å². The Balaban J connectivity index is 2.32. The number of nitrogens with two attached hydrogens (primary N) is 1. The fourth-order valence-electron chi connectivity index (χ4n) is 1.86. The second kappa shape index (κ2) is 8.43. The number of aliphatic hydroxyl groups is 1. The Morgan fingerprint density at radius 2 is 2.20 bits per heavy atom. The number of benzene rings is 1. The molecule has 112 valence electrons. The van der Waals surface area contributed by atoms with Crippen LogP contribution < -0.4 is 15.8 Å². The van der Waals surface area contributed by atoms with Crippen LogP contribution in [0.5, 0.6) is 5.75 Å². The van der Waals surface area contributed by atoms with Crippen LogP contribution >= 0.6 is 0 Å². The van der Waals surface area contributed by atoms with E-state index in [9.17, 15) is 4.79 Å². The predicted molar refractivity (Wildman–Crippen MR) is 79.4 cm³/mol. The Kier molecular flexibility index (Phi) is 6.87. The number of hydrogen-bond acceptors (Lipinski definition) is 4. The average molecular weight is 280 g/mol. The van der Waals surface area contributed by atoms with Gasteiger partial charge in [0.2, 0.25) is 5.91 Å². The molecule has 0 aliphatic carbocycles. The summed E-state index contributed by atoms with van der Waals surface area (Å²) in [6, 6.07) is 7.11. The molecule has 0 radical (unpaired) electrons. The summed E-state index contributed by atoms with van der Waals surface area (Å²) in [6.07, 6.45) is 0.850. The molecule has 1 aromatic carbocycles. The Morgan fingerprint density at radius 1 is 1.45 bits per heavy atom. The van der Waals surface area contributed by atoms with Gasteiger partial charge in [-0.1, -0.05) is 19.9 Å². The van der Waals surface area contributed by atoms with Gasteiger partial charge in [-0.15, -0.1) is 0 Å².